The number of fused-ring (bicyclic) bond motifs is 2. The summed E-state index contributed by atoms with van der Waals surface area (Å²) in [5, 5.41) is 0.750. The Balaban J connectivity index is 1.82. The summed E-state index contributed by atoms with van der Waals surface area (Å²) in [6.07, 6.45) is 1.38. The molecular formula is C13H8ClN5O2S2. The lowest BCUT2D eigenvalue weighted by molar-refractivity contribution is 0.602. The van der Waals surface area contributed by atoms with Crippen LogP contribution in [0.1, 0.15) is 0 Å². The molecule has 0 radical (unpaired) electrons. The first kappa shape index (κ1) is 14.4. The fourth-order valence-corrected chi connectivity index (χ4v) is 4.20. The number of anilines is 1. The highest BCUT2D eigenvalue weighted by atomic mass is 35.5. The molecule has 0 bridgehead atoms. The Morgan fingerprint density at radius 3 is 2.91 bits per heavy atom. The van der Waals surface area contributed by atoms with E-state index in [4.69, 9.17) is 11.6 Å². The van der Waals surface area contributed by atoms with E-state index < -0.39 is 10.0 Å². The number of pyridine rings is 1. The quantitative estimate of drug-likeness (QED) is 0.543. The average molecular weight is 366 g/mol. The minimum atomic E-state index is -3.81. The van der Waals surface area contributed by atoms with Crippen molar-refractivity contribution >= 4 is 61.1 Å². The van der Waals surface area contributed by atoms with Crippen LogP contribution in [0, 0.1) is 0 Å². The minimum absolute atomic E-state index is 0.0943. The van der Waals surface area contributed by atoms with Crippen molar-refractivity contribution in [2.45, 2.75) is 4.90 Å². The lowest BCUT2D eigenvalue weighted by atomic mass is 10.3. The molecule has 23 heavy (non-hydrogen) atoms. The lowest BCUT2D eigenvalue weighted by Gasteiger charge is -2.07. The van der Waals surface area contributed by atoms with E-state index in [2.05, 4.69) is 23.4 Å². The number of nitrogens with zero attached hydrogens (tertiary/aromatic N) is 3. The van der Waals surface area contributed by atoms with E-state index in [0.29, 0.717) is 27.8 Å². The second-order valence-electron chi connectivity index (χ2n) is 4.73. The molecule has 4 aromatic rings. The average Bonchev–Trinajstić information content (AvgIpc) is 3.13. The predicted octanol–water partition coefficient (Wildman–Crippen LogP) is 3.02. The van der Waals surface area contributed by atoms with Gasteiger partial charge in [-0.25, -0.2) is 13.4 Å². The van der Waals surface area contributed by atoms with Crippen molar-refractivity contribution in [1.29, 1.82) is 0 Å². The molecule has 4 rings (SSSR count). The summed E-state index contributed by atoms with van der Waals surface area (Å²) in [7, 11) is -3.81. The molecule has 0 fully saturated rings. The maximum atomic E-state index is 12.7. The molecule has 0 aliphatic rings. The smallest absolute Gasteiger partial charge is 0.264 e. The van der Waals surface area contributed by atoms with Gasteiger partial charge in [-0.3, -0.25) is 4.72 Å². The van der Waals surface area contributed by atoms with Gasteiger partial charge in [0.2, 0.25) is 0 Å². The largest absolute Gasteiger partial charge is 0.345 e. The van der Waals surface area contributed by atoms with Crippen LogP contribution in [0.4, 0.5) is 5.69 Å². The highest BCUT2D eigenvalue weighted by Gasteiger charge is 2.21. The summed E-state index contributed by atoms with van der Waals surface area (Å²) in [4.78, 5) is 6.96. The van der Waals surface area contributed by atoms with E-state index in [1.54, 1.807) is 30.3 Å². The molecule has 0 saturated carbocycles. The Hall–Kier alpha value is -2.23. The number of aromatic amines is 1. The number of benzene rings is 1. The van der Waals surface area contributed by atoms with Crippen LogP contribution in [0.2, 0.25) is 5.15 Å². The van der Waals surface area contributed by atoms with Crippen molar-refractivity contribution in [3.63, 3.8) is 0 Å². The third kappa shape index (κ3) is 2.42. The summed E-state index contributed by atoms with van der Waals surface area (Å²) in [5.41, 5.74) is 1.95. The number of aromatic nitrogens is 4. The molecule has 1 aromatic carbocycles. The van der Waals surface area contributed by atoms with E-state index in [1.165, 1.54) is 6.20 Å². The van der Waals surface area contributed by atoms with E-state index in [-0.39, 0.29) is 10.0 Å². The molecule has 0 atom stereocenters. The van der Waals surface area contributed by atoms with Crippen LogP contribution in [0.25, 0.3) is 22.1 Å². The second-order valence-corrected chi connectivity index (χ2v) is 7.29. The Labute approximate surface area is 139 Å². The second kappa shape index (κ2) is 5.15. The van der Waals surface area contributed by atoms with Gasteiger partial charge in [0.25, 0.3) is 10.0 Å². The van der Waals surface area contributed by atoms with Gasteiger partial charge < -0.3 is 4.98 Å². The van der Waals surface area contributed by atoms with Gasteiger partial charge in [0.05, 0.1) is 17.4 Å². The molecule has 0 spiro atoms. The topological polar surface area (TPSA) is 101 Å². The number of halogens is 1. The van der Waals surface area contributed by atoms with Crippen LogP contribution in [0.15, 0.2) is 41.4 Å². The van der Waals surface area contributed by atoms with Crippen molar-refractivity contribution in [2.75, 3.05) is 4.72 Å². The van der Waals surface area contributed by atoms with Gasteiger partial charge >= 0.3 is 0 Å². The first-order valence-electron chi connectivity index (χ1n) is 6.42. The molecule has 3 aromatic heterocycles. The Morgan fingerprint density at radius 2 is 2.04 bits per heavy atom. The SMILES string of the molecule is O=S(=O)(Nc1cccc2nsnc12)c1c[nH]c2nc(Cl)ccc12. The number of sulfonamides is 1. The molecule has 0 saturated heterocycles. The highest BCUT2D eigenvalue weighted by Crippen LogP contribution is 2.27. The normalized spacial score (nSPS) is 12.0. The molecule has 0 amide bonds. The number of nitrogens with one attached hydrogen (secondary N) is 2. The molecule has 116 valence electrons. The number of hydrogen-bond donors (Lipinski definition) is 2. The molecule has 10 heteroatoms. The van der Waals surface area contributed by atoms with E-state index in [0.717, 1.165) is 11.7 Å². The Kier molecular flexibility index (Phi) is 3.22. The van der Waals surface area contributed by atoms with Gasteiger partial charge in [0.15, 0.2) is 0 Å². The van der Waals surface area contributed by atoms with Crippen LogP contribution in [0.5, 0.6) is 0 Å². The summed E-state index contributed by atoms with van der Waals surface area (Å²) in [6.45, 7) is 0. The Bertz CT molecular complexity index is 1140. The molecule has 0 aliphatic heterocycles. The summed E-state index contributed by atoms with van der Waals surface area (Å²) in [6, 6.07) is 8.29. The number of rotatable bonds is 3. The predicted molar refractivity (Wildman–Crippen MR) is 89.3 cm³/mol. The van der Waals surface area contributed by atoms with Crippen LogP contribution in [0.3, 0.4) is 0 Å². The highest BCUT2D eigenvalue weighted by molar-refractivity contribution is 7.93. The van der Waals surface area contributed by atoms with Crippen LogP contribution < -0.4 is 4.72 Å². The van der Waals surface area contributed by atoms with E-state index >= 15 is 0 Å². The summed E-state index contributed by atoms with van der Waals surface area (Å²) in [5.74, 6) is 0. The molecule has 0 aliphatic carbocycles. The minimum Gasteiger partial charge on any atom is -0.345 e. The van der Waals surface area contributed by atoms with Gasteiger partial charge in [-0.1, -0.05) is 17.7 Å². The summed E-state index contributed by atoms with van der Waals surface area (Å²) < 4.78 is 36.2. The van der Waals surface area contributed by atoms with Crippen LogP contribution in [-0.4, -0.2) is 27.1 Å². The number of H-pyrrole nitrogens is 1. The van der Waals surface area contributed by atoms with Crippen molar-refractivity contribution < 1.29 is 8.42 Å². The molecule has 3 heterocycles. The summed E-state index contributed by atoms with van der Waals surface area (Å²) >= 11 is 6.84. The van der Waals surface area contributed by atoms with E-state index in [9.17, 15) is 8.42 Å². The zero-order valence-electron chi connectivity index (χ0n) is 11.3. The van der Waals surface area contributed by atoms with Gasteiger partial charge in [-0.05, 0) is 24.3 Å². The zero-order valence-corrected chi connectivity index (χ0v) is 13.7. The van der Waals surface area contributed by atoms with Crippen LogP contribution in [-0.2, 0) is 10.0 Å². The molecule has 7 nitrogen and oxygen atoms in total. The van der Waals surface area contributed by atoms with Gasteiger partial charge in [0.1, 0.15) is 26.7 Å². The Morgan fingerprint density at radius 1 is 1.17 bits per heavy atom. The number of hydrogen-bond acceptors (Lipinski definition) is 6. The van der Waals surface area contributed by atoms with Crippen molar-refractivity contribution in [3.8, 4) is 0 Å². The first-order valence-corrected chi connectivity index (χ1v) is 9.01. The fourth-order valence-electron chi connectivity index (χ4n) is 2.27. The lowest BCUT2D eigenvalue weighted by Crippen LogP contribution is -2.12. The standard InChI is InChI=1S/C13H8ClN5O2S2/c14-11-5-4-7-10(6-15-13(7)16-11)23(20,21)19-9-3-1-2-8-12(9)18-22-17-8/h1-6,19H,(H,15,16). The monoisotopic (exact) mass is 365 g/mol. The maximum absolute atomic E-state index is 12.7. The van der Waals surface area contributed by atoms with Crippen LogP contribution >= 0.6 is 23.3 Å². The molecular weight excluding hydrogens is 358 g/mol. The van der Waals surface area contributed by atoms with Crippen molar-refractivity contribution in [2.24, 2.45) is 0 Å². The van der Waals surface area contributed by atoms with Crippen molar-refractivity contribution in [1.82, 2.24) is 18.7 Å². The van der Waals surface area contributed by atoms with Gasteiger partial charge in [0, 0.05) is 11.6 Å². The maximum Gasteiger partial charge on any atom is 0.264 e. The zero-order chi connectivity index (χ0) is 16.0. The van der Waals surface area contributed by atoms with Gasteiger partial charge in [-0.15, -0.1) is 0 Å². The first-order chi connectivity index (χ1) is 11.0. The third-order valence-corrected chi connectivity index (χ3v) is 5.45. The van der Waals surface area contributed by atoms with Gasteiger partial charge in [-0.2, -0.15) is 8.75 Å². The third-order valence-electron chi connectivity index (χ3n) is 3.29. The molecule has 2 N–H and O–H groups in total. The fraction of sp³-hybridized carbons (Fsp3) is 0. The molecule has 0 unspecified atom stereocenters. The van der Waals surface area contributed by atoms with E-state index in [1.807, 2.05) is 0 Å². The van der Waals surface area contributed by atoms with Crippen molar-refractivity contribution in [3.05, 3.63) is 41.7 Å².